The summed E-state index contributed by atoms with van der Waals surface area (Å²) in [6.07, 6.45) is 2.82. The molecular formula is C29H30N6O8. The van der Waals surface area contributed by atoms with E-state index in [4.69, 9.17) is 4.74 Å². The zero-order chi connectivity index (χ0) is 30.9. The largest absolute Gasteiger partial charge is 0.481 e. The first-order valence-electron chi connectivity index (χ1n) is 13.4. The van der Waals surface area contributed by atoms with Crippen LogP contribution in [-0.2, 0) is 9.53 Å². The van der Waals surface area contributed by atoms with Gasteiger partial charge in [-0.05, 0) is 48.4 Å². The minimum atomic E-state index is -1.11. The summed E-state index contributed by atoms with van der Waals surface area (Å²) in [6.45, 7) is 1.81. The maximum Gasteiger partial charge on any atom is 0.409 e. The van der Waals surface area contributed by atoms with Gasteiger partial charge >= 0.3 is 12.1 Å². The van der Waals surface area contributed by atoms with Crippen molar-refractivity contribution in [3.8, 4) is 0 Å². The fourth-order valence-electron chi connectivity index (χ4n) is 4.70. The smallest absolute Gasteiger partial charge is 0.409 e. The maximum atomic E-state index is 13.3. The average Bonchev–Trinajstić information content (AvgIpc) is 3.27. The zero-order valence-corrected chi connectivity index (χ0v) is 23.3. The summed E-state index contributed by atoms with van der Waals surface area (Å²) in [5.41, 5.74) is 1.55. The number of methoxy groups -OCH3 is 1. The molecule has 1 fully saturated rings. The highest BCUT2D eigenvalue weighted by molar-refractivity contribution is 6.07. The molecule has 2 aromatic carbocycles. The number of non-ortho nitro benzene ring substituents is 1. The number of rotatable bonds is 9. The van der Waals surface area contributed by atoms with Gasteiger partial charge in [0.15, 0.2) is 0 Å². The van der Waals surface area contributed by atoms with E-state index in [1.165, 1.54) is 49.8 Å². The van der Waals surface area contributed by atoms with E-state index in [2.05, 4.69) is 15.6 Å². The fourth-order valence-corrected chi connectivity index (χ4v) is 4.70. The van der Waals surface area contributed by atoms with E-state index in [-0.39, 0.29) is 23.2 Å². The number of nitrogens with one attached hydrogen (secondary N) is 2. The Balaban J connectivity index is 1.64. The molecule has 1 aliphatic rings. The van der Waals surface area contributed by atoms with Crippen LogP contribution in [0, 0.1) is 10.1 Å². The first-order chi connectivity index (χ1) is 20.7. The molecule has 4 rings (SSSR count). The topological polar surface area (TPSA) is 184 Å². The quantitative estimate of drug-likeness (QED) is 0.246. The van der Waals surface area contributed by atoms with Crippen LogP contribution in [0.25, 0.3) is 0 Å². The monoisotopic (exact) mass is 590 g/mol. The van der Waals surface area contributed by atoms with E-state index in [0.717, 1.165) is 0 Å². The van der Waals surface area contributed by atoms with Gasteiger partial charge in [0, 0.05) is 61.8 Å². The first-order valence-corrected chi connectivity index (χ1v) is 13.4. The van der Waals surface area contributed by atoms with Crippen molar-refractivity contribution in [2.75, 3.05) is 43.5 Å². The number of carboxylic acids is 1. The van der Waals surface area contributed by atoms with Crippen LogP contribution >= 0.6 is 0 Å². The fraction of sp³-hybridized carbons (Fsp3) is 0.276. The molecule has 1 aliphatic heterocycles. The number of nitro groups is 1. The number of hydrogen-bond acceptors (Lipinski definition) is 9. The molecule has 3 N–H and O–H groups in total. The summed E-state index contributed by atoms with van der Waals surface area (Å²) >= 11 is 0. The molecule has 3 amide bonds. The number of carboxylic acid groups (broad SMARTS) is 1. The second-order valence-electron chi connectivity index (χ2n) is 9.70. The normalized spacial score (nSPS) is 13.8. The van der Waals surface area contributed by atoms with Gasteiger partial charge < -0.3 is 30.3 Å². The van der Waals surface area contributed by atoms with Crippen LogP contribution in [0.4, 0.5) is 21.9 Å². The molecule has 0 radical (unpaired) electrons. The molecule has 0 saturated carbocycles. The summed E-state index contributed by atoms with van der Waals surface area (Å²) in [5.74, 6) is -2.23. The number of pyridine rings is 1. The van der Waals surface area contributed by atoms with E-state index < -0.39 is 34.8 Å². The Morgan fingerprint density at radius 1 is 1.02 bits per heavy atom. The molecule has 1 aromatic heterocycles. The summed E-state index contributed by atoms with van der Waals surface area (Å²) < 4.78 is 4.85. The van der Waals surface area contributed by atoms with Crippen molar-refractivity contribution in [2.24, 2.45) is 0 Å². The van der Waals surface area contributed by atoms with Crippen LogP contribution in [0.3, 0.4) is 0 Å². The van der Waals surface area contributed by atoms with Crippen molar-refractivity contribution in [3.63, 3.8) is 0 Å². The van der Waals surface area contributed by atoms with Crippen LogP contribution in [-0.4, -0.2) is 77.1 Å². The lowest BCUT2D eigenvalue weighted by Gasteiger charge is -2.26. The van der Waals surface area contributed by atoms with E-state index in [0.29, 0.717) is 49.5 Å². The number of carbonyl (C=O) groups excluding carboxylic acids is 3. The molecule has 3 aromatic rings. The SMILES string of the molecule is COC(=O)N1CCCN(c2ccc(C(=O)NC(CC(=O)O)c3cccnc3)cc2NC(=O)c2ccc([N+](=O)[O-])cc2)CC1. The molecule has 2 heterocycles. The predicted octanol–water partition coefficient (Wildman–Crippen LogP) is 3.47. The van der Waals surface area contributed by atoms with Gasteiger partial charge in [0.05, 0.1) is 35.9 Å². The van der Waals surface area contributed by atoms with Gasteiger partial charge in [-0.25, -0.2) is 4.79 Å². The lowest BCUT2D eigenvalue weighted by molar-refractivity contribution is -0.384. The number of aromatic nitrogens is 1. The number of benzene rings is 2. The molecule has 1 saturated heterocycles. The van der Waals surface area contributed by atoms with Gasteiger partial charge in [-0.2, -0.15) is 0 Å². The van der Waals surface area contributed by atoms with Gasteiger partial charge in [0.25, 0.3) is 17.5 Å². The van der Waals surface area contributed by atoms with Gasteiger partial charge in [0.1, 0.15) is 0 Å². The molecule has 1 unspecified atom stereocenters. The molecule has 224 valence electrons. The molecule has 14 nitrogen and oxygen atoms in total. The van der Waals surface area contributed by atoms with E-state index in [1.54, 1.807) is 29.2 Å². The molecule has 0 bridgehead atoms. The van der Waals surface area contributed by atoms with Crippen molar-refractivity contribution < 1.29 is 33.9 Å². The van der Waals surface area contributed by atoms with Crippen LogP contribution in [0.15, 0.2) is 67.0 Å². The third-order valence-electron chi connectivity index (χ3n) is 6.89. The third-order valence-corrected chi connectivity index (χ3v) is 6.89. The van der Waals surface area contributed by atoms with E-state index >= 15 is 0 Å². The summed E-state index contributed by atoms with van der Waals surface area (Å²) in [5, 5.41) is 26.0. The lowest BCUT2D eigenvalue weighted by Crippen LogP contribution is -2.35. The summed E-state index contributed by atoms with van der Waals surface area (Å²) in [6, 6.07) is 12.3. The maximum absolute atomic E-state index is 13.3. The number of anilines is 2. The zero-order valence-electron chi connectivity index (χ0n) is 23.3. The second-order valence-corrected chi connectivity index (χ2v) is 9.70. The van der Waals surface area contributed by atoms with Crippen molar-refractivity contribution in [2.45, 2.75) is 18.9 Å². The Hall–Kier alpha value is -5.53. The van der Waals surface area contributed by atoms with E-state index in [9.17, 15) is 34.4 Å². The Kier molecular flexibility index (Phi) is 9.83. The van der Waals surface area contributed by atoms with Gasteiger partial charge in [-0.1, -0.05) is 6.07 Å². The minimum absolute atomic E-state index is 0.160. The molecule has 14 heteroatoms. The van der Waals surface area contributed by atoms with Gasteiger partial charge in [0.2, 0.25) is 0 Å². The van der Waals surface area contributed by atoms with Crippen LogP contribution in [0.1, 0.15) is 45.2 Å². The number of hydrogen-bond donors (Lipinski definition) is 3. The van der Waals surface area contributed by atoms with Crippen LogP contribution in [0.2, 0.25) is 0 Å². The number of nitrogens with zero attached hydrogens (tertiary/aromatic N) is 4. The second kappa shape index (κ2) is 13.9. The van der Waals surface area contributed by atoms with Crippen molar-refractivity contribution in [3.05, 3.63) is 93.8 Å². The lowest BCUT2D eigenvalue weighted by atomic mass is 10.0. The van der Waals surface area contributed by atoms with Crippen molar-refractivity contribution >= 4 is 40.9 Å². The number of nitro benzene ring substituents is 1. The third kappa shape index (κ3) is 7.81. The Morgan fingerprint density at radius 3 is 2.42 bits per heavy atom. The van der Waals surface area contributed by atoms with E-state index in [1.807, 2.05) is 4.90 Å². The summed E-state index contributed by atoms with van der Waals surface area (Å²) in [7, 11) is 1.32. The van der Waals surface area contributed by atoms with Crippen LogP contribution < -0.4 is 15.5 Å². The van der Waals surface area contributed by atoms with Crippen molar-refractivity contribution in [1.82, 2.24) is 15.2 Å². The highest BCUT2D eigenvalue weighted by Crippen LogP contribution is 2.30. The van der Waals surface area contributed by atoms with Gasteiger partial charge in [-0.3, -0.25) is 29.5 Å². The molecule has 43 heavy (non-hydrogen) atoms. The number of carbonyl (C=O) groups is 4. The molecule has 0 spiro atoms. The minimum Gasteiger partial charge on any atom is -0.481 e. The Bertz CT molecular complexity index is 1500. The standard InChI is InChI=1S/C29H30N6O8/c1-43-29(40)34-13-3-12-33(14-15-34)25-10-7-20(28(39)31-23(17-26(36)37)21-4-2-11-30-18-21)16-24(25)32-27(38)19-5-8-22(9-6-19)35(41)42/h2,4-11,16,18,23H,3,12-15,17H2,1H3,(H,31,39)(H,32,38)(H,36,37). The van der Waals surface area contributed by atoms with Gasteiger partial charge in [-0.15, -0.1) is 0 Å². The molecular weight excluding hydrogens is 560 g/mol. The van der Waals surface area contributed by atoms with Crippen LogP contribution in [0.5, 0.6) is 0 Å². The predicted molar refractivity (Wildman–Crippen MR) is 155 cm³/mol. The number of ether oxygens (including phenoxy) is 1. The first kappa shape index (κ1) is 30.4. The number of amides is 3. The number of aliphatic carboxylic acids is 1. The highest BCUT2D eigenvalue weighted by atomic mass is 16.6. The van der Waals surface area contributed by atoms with Crippen molar-refractivity contribution in [1.29, 1.82) is 0 Å². The molecule has 0 aliphatic carbocycles. The highest BCUT2D eigenvalue weighted by Gasteiger charge is 2.24. The average molecular weight is 591 g/mol. The molecule has 1 atom stereocenters. The Labute approximate surface area is 246 Å². The summed E-state index contributed by atoms with van der Waals surface area (Å²) in [4.78, 5) is 68.1. The Morgan fingerprint density at radius 2 is 1.77 bits per heavy atom.